The summed E-state index contributed by atoms with van der Waals surface area (Å²) >= 11 is 0. The van der Waals surface area contributed by atoms with E-state index < -0.39 is 5.97 Å². The minimum absolute atomic E-state index is 0.0413. The van der Waals surface area contributed by atoms with Crippen molar-refractivity contribution in [1.82, 2.24) is 0 Å². The number of ether oxygens (including phenoxy) is 3. The van der Waals surface area contributed by atoms with Crippen LogP contribution in [0.2, 0.25) is 0 Å². The van der Waals surface area contributed by atoms with Crippen LogP contribution >= 0.6 is 0 Å². The Morgan fingerprint density at radius 1 is 0.944 bits per heavy atom. The van der Waals surface area contributed by atoms with E-state index in [4.69, 9.17) is 19.9 Å². The minimum atomic E-state index is -0.541. The van der Waals surface area contributed by atoms with Gasteiger partial charge in [0.1, 0.15) is 28.9 Å². The Bertz CT molecular complexity index is 1320. The number of rotatable bonds is 7. The van der Waals surface area contributed by atoms with Gasteiger partial charge in [-0.2, -0.15) is 5.26 Å². The van der Waals surface area contributed by atoms with Crippen molar-refractivity contribution >= 4 is 5.97 Å². The molecule has 0 saturated carbocycles. The molecule has 2 N–H and O–H groups in total. The van der Waals surface area contributed by atoms with Gasteiger partial charge in [0.2, 0.25) is 5.88 Å². The van der Waals surface area contributed by atoms with Gasteiger partial charge in [0.05, 0.1) is 5.92 Å². The van der Waals surface area contributed by atoms with Gasteiger partial charge < -0.3 is 19.9 Å². The van der Waals surface area contributed by atoms with E-state index in [9.17, 15) is 10.1 Å². The molecule has 1 unspecified atom stereocenters. The first-order valence-electron chi connectivity index (χ1n) is 12.0. The van der Waals surface area contributed by atoms with Gasteiger partial charge >= 0.3 is 5.97 Å². The molecule has 0 bridgehead atoms. The highest BCUT2D eigenvalue weighted by Gasteiger charge is 2.31. The second-order valence-corrected chi connectivity index (χ2v) is 9.43. The molecule has 4 rings (SSSR count). The Balaban J connectivity index is 1.50. The topological polar surface area (TPSA) is 94.6 Å². The lowest BCUT2D eigenvalue weighted by Crippen LogP contribution is -2.21. The summed E-state index contributed by atoms with van der Waals surface area (Å²) in [5.41, 5.74) is 10.6. The van der Waals surface area contributed by atoms with E-state index in [-0.39, 0.29) is 18.4 Å². The molecule has 1 aliphatic heterocycles. The standard InChI is InChI=1S/C30H30N2O4/c1-18(2)20-5-7-22(8-6-20)29-25-14-13-24(15-27(25)36-30(32)26(29)16-31)35-28(33)17-34-23-11-9-21(10-12-23)19(3)4/h5-15,18-19,29H,17,32H2,1-4H3. The zero-order chi connectivity index (χ0) is 25.8. The minimum Gasteiger partial charge on any atom is -0.482 e. The molecular weight excluding hydrogens is 452 g/mol. The van der Waals surface area contributed by atoms with Gasteiger partial charge in [0.25, 0.3) is 0 Å². The van der Waals surface area contributed by atoms with Crippen molar-refractivity contribution in [2.24, 2.45) is 5.73 Å². The Labute approximate surface area is 211 Å². The van der Waals surface area contributed by atoms with Crippen LogP contribution in [-0.4, -0.2) is 12.6 Å². The predicted molar refractivity (Wildman–Crippen MR) is 138 cm³/mol. The van der Waals surface area contributed by atoms with Crippen molar-refractivity contribution in [3.05, 3.63) is 100 Å². The van der Waals surface area contributed by atoms with Crippen molar-refractivity contribution in [3.8, 4) is 23.3 Å². The lowest BCUT2D eigenvalue weighted by Gasteiger charge is -2.27. The van der Waals surface area contributed by atoms with E-state index in [0.29, 0.717) is 34.7 Å². The molecule has 0 aromatic heterocycles. The summed E-state index contributed by atoms with van der Waals surface area (Å²) in [6, 6.07) is 23.1. The summed E-state index contributed by atoms with van der Waals surface area (Å²) in [6.07, 6.45) is 0. The highest BCUT2D eigenvalue weighted by Crippen LogP contribution is 2.43. The number of fused-ring (bicyclic) bond motifs is 1. The molecule has 0 fully saturated rings. The van der Waals surface area contributed by atoms with Gasteiger partial charge in [0.15, 0.2) is 6.61 Å². The lowest BCUT2D eigenvalue weighted by molar-refractivity contribution is -0.136. The van der Waals surface area contributed by atoms with Crippen LogP contribution in [0.4, 0.5) is 0 Å². The molecule has 184 valence electrons. The van der Waals surface area contributed by atoms with Crippen molar-refractivity contribution in [1.29, 1.82) is 5.26 Å². The number of nitriles is 1. The van der Waals surface area contributed by atoms with Gasteiger partial charge in [-0.3, -0.25) is 0 Å². The van der Waals surface area contributed by atoms with Crippen LogP contribution < -0.4 is 19.9 Å². The molecule has 0 spiro atoms. The smallest absolute Gasteiger partial charge is 0.349 e. The molecule has 1 atom stereocenters. The number of carbonyl (C=O) groups is 1. The zero-order valence-corrected chi connectivity index (χ0v) is 20.9. The van der Waals surface area contributed by atoms with Gasteiger partial charge in [-0.15, -0.1) is 0 Å². The molecule has 3 aromatic rings. The maximum atomic E-state index is 12.4. The third-order valence-corrected chi connectivity index (χ3v) is 6.26. The van der Waals surface area contributed by atoms with Crippen LogP contribution in [0.15, 0.2) is 78.2 Å². The van der Waals surface area contributed by atoms with Crippen molar-refractivity contribution in [3.63, 3.8) is 0 Å². The van der Waals surface area contributed by atoms with Crippen molar-refractivity contribution < 1.29 is 19.0 Å². The number of nitrogens with zero attached hydrogens (tertiary/aromatic N) is 1. The van der Waals surface area contributed by atoms with Crippen LogP contribution in [-0.2, 0) is 4.79 Å². The second-order valence-electron chi connectivity index (χ2n) is 9.43. The Hall–Kier alpha value is -4.24. The third-order valence-electron chi connectivity index (χ3n) is 6.26. The molecule has 0 amide bonds. The Morgan fingerprint density at radius 3 is 2.11 bits per heavy atom. The number of benzene rings is 3. The molecule has 0 saturated heterocycles. The van der Waals surface area contributed by atoms with Crippen LogP contribution in [0.5, 0.6) is 17.2 Å². The average molecular weight is 483 g/mol. The first kappa shape index (κ1) is 24.9. The number of allylic oxidation sites excluding steroid dienone is 1. The fourth-order valence-corrected chi connectivity index (χ4v) is 4.17. The summed E-state index contributed by atoms with van der Waals surface area (Å²) in [5.74, 6) is 1.29. The predicted octanol–water partition coefficient (Wildman–Crippen LogP) is 6.14. The molecule has 36 heavy (non-hydrogen) atoms. The SMILES string of the molecule is CC(C)c1ccc(OCC(=O)Oc2ccc3c(c2)OC(N)=C(C#N)C3c2ccc(C(C)C)cc2)cc1. The van der Waals surface area contributed by atoms with E-state index in [1.165, 1.54) is 11.1 Å². The molecule has 1 aliphatic rings. The molecule has 1 heterocycles. The fraction of sp³-hybridized carbons (Fsp3) is 0.267. The van der Waals surface area contributed by atoms with E-state index in [0.717, 1.165) is 11.1 Å². The van der Waals surface area contributed by atoms with Crippen LogP contribution in [0.1, 0.15) is 67.7 Å². The van der Waals surface area contributed by atoms with E-state index >= 15 is 0 Å². The fourth-order valence-electron chi connectivity index (χ4n) is 4.17. The maximum Gasteiger partial charge on any atom is 0.349 e. The highest BCUT2D eigenvalue weighted by molar-refractivity contribution is 5.74. The van der Waals surface area contributed by atoms with E-state index in [1.807, 2.05) is 36.4 Å². The van der Waals surface area contributed by atoms with E-state index in [2.05, 4.69) is 45.9 Å². The summed E-state index contributed by atoms with van der Waals surface area (Å²) < 4.78 is 16.8. The Morgan fingerprint density at radius 2 is 1.53 bits per heavy atom. The van der Waals surface area contributed by atoms with Crippen LogP contribution in [0.3, 0.4) is 0 Å². The third kappa shape index (κ3) is 5.36. The summed E-state index contributed by atoms with van der Waals surface area (Å²) in [5, 5.41) is 9.78. The molecule has 6 heteroatoms. The molecule has 3 aromatic carbocycles. The number of nitrogens with two attached hydrogens (primary N) is 1. The molecule has 0 radical (unpaired) electrons. The molecule has 6 nitrogen and oxygen atoms in total. The monoisotopic (exact) mass is 482 g/mol. The number of carbonyl (C=O) groups excluding carboxylic acids is 1. The van der Waals surface area contributed by atoms with E-state index in [1.54, 1.807) is 18.2 Å². The maximum absolute atomic E-state index is 12.4. The normalized spacial score (nSPS) is 14.8. The quantitative estimate of drug-likeness (QED) is 0.321. The Kier molecular flexibility index (Phi) is 7.30. The van der Waals surface area contributed by atoms with Gasteiger partial charge in [-0.1, -0.05) is 70.2 Å². The summed E-state index contributed by atoms with van der Waals surface area (Å²) in [4.78, 5) is 12.4. The van der Waals surface area contributed by atoms with Gasteiger partial charge in [-0.25, -0.2) is 4.79 Å². The summed E-state index contributed by atoms with van der Waals surface area (Å²) in [7, 11) is 0. The van der Waals surface area contributed by atoms with Gasteiger partial charge in [0, 0.05) is 11.6 Å². The number of esters is 1. The van der Waals surface area contributed by atoms with Crippen molar-refractivity contribution in [2.75, 3.05) is 6.61 Å². The van der Waals surface area contributed by atoms with Crippen LogP contribution in [0, 0.1) is 11.3 Å². The van der Waals surface area contributed by atoms with Crippen molar-refractivity contribution in [2.45, 2.75) is 45.4 Å². The van der Waals surface area contributed by atoms with Gasteiger partial charge in [-0.05, 0) is 46.7 Å². The second kappa shape index (κ2) is 10.6. The molecular formula is C30H30N2O4. The first-order valence-corrected chi connectivity index (χ1v) is 12.0. The first-order chi connectivity index (χ1) is 17.3. The number of hydrogen-bond donors (Lipinski definition) is 1. The highest BCUT2D eigenvalue weighted by atomic mass is 16.6. The van der Waals surface area contributed by atoms with Crippen LogP contribution in [0.25, 0.3) is 0 Å². The number of hydrogen-bond acceptors (Lipinski definition) is 6. The molecule has 0 aliphatic carbocycles. The average Bonchev–Trinajstić information content (AvgIpc) is 2.87. The largest absolute Gasteiger partial charge is 0.482 e. The lowest BCUT2D eigenvalue weighted by atomic mass is 9.83. The zero-order valence-electron chi connectivity index (χ0n) is 20.9. The summed E-state index contributed by atoms with van der Waals surface area (Å²) in [6.45, 7) is 8.27.